The third-order valence-electron chi connectivity index (χ3n) is 1.92. The van der Waals surface area contributed by atoms with Gasteiger partial charge in [0.1, 0.15) is 11.6 Å². The summed E-state index contributed by atoms with van der Waals surface area (Å²) in [5, 5.41) is 0. The molecule has 0 amide bonds. The number of methoxy groups -OCH3 is 1. The van der Waals surface area contributed by atoms with Gasteiger partial charge < -0.3 is 10.5 Å². The summed E-state index contributed by atoms with van der Waals surface area (Å²) in [7, 11) is 1.38. The molecule has 1 aromatic carbocycles. The maximum Gasteiger partial charge on any atom is 0.182 e. The zero-order valence-electron chi connectivity index (χ0n) is 8.38. The van der Waals surface area contributed by atoms with Gasteiger partial charge in [0.15, 0.2) is 5.78 Å². The maximum absolute atomic E-state index is 13.1. The van der Waals surface area contributed by atoms with Crippen LogP contribution < -0.4 is 10.5 Å². The minimum atomic E-state index is -0.642. The summed E-state index contributed by atoms with van der Waals surface area (Å²) in [4.78, 5) is 11.6. The van der Waals surface area contributed by atoms with Crippen LogP contribution in [0.3, 0.4) is 0 Å². The van der Waals surface area contributed by atoms with E-state index in [-0.39, 0.29) is 21.6 Å². The standard InChI is InChI=1S/C10H11BrFNO2/c1-5(13)10(14)6-3-7(11)8(12)4-9(6)15-2/h3-5H,13H2,1-2H3. The summed E-state index contributed by atoms with van der Waals surface area (Å²) in [6.45, 7) is 1.57. The highest BCUT2D eigenvalue weighted by Gasteiger charge is 2.18. The lowest BCUT2D eigenvalue weighted by Crippen LogP contribution is -2.27. The summed E-state index contributed by atoms with van der Waals surface area (Å²) in [5.41, 5.74) is 5.74. The summed E-state index contributed by atoms with van der Waals surface area (Å²) >= 11 is 3.00. The number of benzene rings is 1. The van der Waals surface area contributed by atoms with Crippen molar-refractivity contribution >= 4 is 21.7 Å². The van der Waals surface area contributed by atoms with E-state index in [9.17, 15) is 9.18 Å². The molecule has 1 unspecified atom stereocenters. The number of hydrogen-bond donors (Lipinski definition) is 1. The van der Waals surface area contributed by atoms with Crippen molar-refractivity contribution in [1.29, 1.82) is 0 Å². The number of nitrogens with two attached hydrogens (primary N) is 1. The molecule has 1 aromatic rings. The Hall–Kier alpha value is -0.940. The summed E-state index contributed by atoms with van der Waals surface area (Å²) in [6.07, 6.45) is 0. The Kier molecular flexibility index (Phi) is 3.82. The number of ketones is 1. The number of halogens is 2. The molecule has 0 aliphatic rings. The highest BCUT2D eigenvalue weighted by Crippen LogP contribution is 2.27. The predicted octanol–water partition coefficient (Wildman–Crippen LogP) is 2.13. The molecule has 0 heterocycles. The van der Waals surface area contributed by atoms with Gasteiger partial charge in [-0.25, -0.2) is 4.39 Å². The molecule has 0 bridgehead atoms. The van der Waals surface area contributed by atoms with E-state index in [0.717, 1.165) is 6.07 Å². The second-order valence-corrected chi connectivity index (χ2v) is 3.97. The van der Waals surface area contributed by atoms with Crippen LogP contribution in [0.4, 0.5) is 4.39 Å². The van der Waals surface area contributed by atoms with Gasteiger partial charge in [0, 0.05) is 6.07 Å². The third kappa shape index (κ3) is 2.54. The van der Waals surface area contributed by atoms with Gasteiger partial charge in [-0.3, -0.25) is 4.79 Å². The van der Waals surface area contributed by atoms with Gasteiger partial charge >= 0.3 is 0 Å². The monoisotopic (exact) mass is 275 g/mol. The smallest absolute Gasteiger partial charge is 0.182 e. The highest BCUT2D eigenvalue weighted by atomic mass is 79.9. The molecule has 3 nitrogen and oxygen atoms in total. The topological polar surface area (TPSA) is 52.3 Å². The second-order valence-electron chi connectivity index (χ2n) is 3.12. The van der Waals surface area contributed by atoms with Gasteiger partial charge in [0.25, 0.3) is 0 Å². The molecule has 0 saturated carbocycles. The Balaban J connectivity index is 3.27. The van der Waals surface area contributed by atoms with Crippen molar-refractivity contribution < 1.29 is 13.9 Å². The van der Waals surface area contributed by atoms with Gasteiger partial charge in [-0.15, -0.1) is 0 Å². The first kappa shape index (κ1) is 12.1. The Morgan fingerprint density at radius 1 is 1.60 bits per heavy atom. The Labute approximate surface area is 95.5 Å². The molecule has 0 aromatic heterocycles. The van der Waals surface area contributed by atoms with E-state index in [2.05, 4.69) is 15.9 Å². The van der Waals surface area contributed by atoms with Crippen molar-refractivity contribution in [3.05, 3.63) is 28.0 Å². The summed E-state index contributed by atoms with van der Waals surface area (Å²) in [5.74, 6) is -0.571. The van der Waals surface area contributed by atoms with Crippen LogP contribution in [0.1, 0.15) is 17.3 Å². The van der Waals surface area contributed by atoms with E-state index in [1.807, 2.05) is 0 Å². The van der Waals surface area contributed by atoms with Crippen molar-refractivity contribution in [2.75, 3.05) is 7.11 Å². The molecule has 1 rings (SSSR count). The van der Waals surface area contributed by atoms with Gasteiger partial charge in [-0.1, -0.05) is 0 Å². The molecule has 0 spiro atoms. The molecular weight excluding hydrogens is 265 g/mol. The number of hydrogen-bond acceptors (Lipinski definition) is 3. The first-order valence-electron chi connectivity index (χ1n) is 4.30. The van der Waals surface area contributed by atoms with E-state index in [4.69, 9.17) is 10.5 Å². The molecule has 0 saturated heterocycles. The molecule has 0 radical (unpaired) electrons. The van der Waals surface area contributed by atoms with Gasteiger partial charge in [0.2, 0.25) is 0 Å². The van der Waals surface area contributed by atoms with Crippen molar-refractivity contribution in [1.82, 2.24) is 0 Å². The minimum Gasteiger partial charge on any atom is -0.496 e. The van der Waals surface area contributed by atoms with Crippen LogP contribution in [0.2, 0.25) is 0 Å². The van der Waals surface area contributed by atoms with Crippen molar-refractivity contribution in [3.63, 3.8) is 0 Å². The SMILES string of the molecule is COc1cc(F)c(Br)cc1C(=O)C(C)N. The molecule has 0 aliphatic carbocycles. The number of carbonyl (C=O) groups excluding carboxylic acids is 1. The van der Waals surface area contributed by atoms with Crippen molar-refractivity contribution in [3.8, 4) is 5.75 Å². The highest BCUT2D eigenvalue weighted by molar-refractivity contribution is 9.10. The largest absolute Gasteiger partial charge is 0.496 e. The lowest BCUT2D eigenvalue weighted by atomic mass is 10.0. The van der Waals surface area contributed by atoms with Gasteiger partial charge in [-0.05, 0) is 28.9 Å². The van der Waals surface area contributed by atoms with E-state index in [1.165, 1.54) is 13.2 Å². The molecule has 5 heteroatoms. The van der Waals surface area contributed by atoms with Crippen LogP contribution in [0.5, 0.6) is 5.75 Å². The van der Waals surface area contributed by atoms with Gasteiger partial charge in [0.05, 0.1) is 23.2 Å². The lowest BCUT2D eigenvalue weighted by molar-refractivity contribution is 0.0965. The van der Waals surface area contributed by atoms with Crippen LogP contribution in [0.25, 0.3) is 0 Å². The van der Waals surface area contributed by atoms with Crippen LogP contribution in [-0.2, 0) is 0 Å². The Bertz CT molecular complexity index is 393. The fraction of sp³-hybridized carbons (Fsp3) is 0.300. The van der Waals surface area contributed by atoms with E-state index in [1.54, 1.807) is 6.92 Å². The minimum absolute atomic E-state index is 0.193. The zero-order valence-corrected chi connectivity index (χ0v) is 9.97. The molecule has 0 fully saturated rings. The number of ether oxygens (including phenoxy) is 1. The van der Waals surface area contributed by atoms with Crippen molar-refractivity contribution in [2.45, 2.75) is 13.0 Å². The lowest BCUT2D eigenvalue weighted by Gasteiger charge is -2.10. The van der Waals surface area contributed by atoms with Crippen LogP contribution in [0.15, 0.2) is 16.6 Å². The third-order valence-corrected chi connectivity index (χ3v) is 2.53. The fourth-order valence-electron chi connectivity index (χ4n) is 1.14. The molecule has 1 atom stereocenters. The molecule has 0 aliphatic heterocycles. The second kappa shape index (κ2) is 4.72. The average molecular weight is 276 g/mol. The Morgan fingerprint density at radius 3 is 2.67 bits per heavy atom. The number of rotatable bonds is 3. The predicted molar refractivity (Wildman–Crippen MR) is 58.6 cm³/mol. The molecular formula is C10H11BrFNO2. The Morgan fingerprint density at radius 2 is 2.20 bits per heavy atom. The quantitative estimate of drug-likeness (QED) is 0.860. The van der Waals surface area contributed by atoms with Crippen LogP contribution >= 0.6 is 15.9 Å². The van der Waals surface area contributed by atoms with E-state index < -0.39 is 11.9 Å². The van der Waals surface area contributed by atoms with E-state index in [0.29, 0.717) is 0 Å². The number of Topliss-reactive ketones (excluding diaryl/α,β-unsaturated/α-hetero) is 1. The summed E-state index contributed by atoms with van der Waals surface area (Å²) < 4.78 is 18.3. The van der Waals surface area contributed by atoms with Crippen molar-refractivity contribution in [2.24, 2.45) is 5.73 Å². The van der Waals surface area contributed by atoms with Crippen LogP contribution in [-0.4, -0.2) is 18.9 Å². The fourth-order valence-corrected chi connectivity index (χ4v) is 1.48. The average Bonchev–Trinajstić information content (AvgIpc) is 2.20. The van der Waals surface area contributed by atoms with Crippen LogP contribution in [0, 0.1) is 5.82 Å². The first-order chi connectivity index (χ1) is 6.97. The summed E-state index contributed by atoms with van der Waals surface area (Å²) in [6, 6.07) is 1.88. The normalized spacial score (nSPS) is 12.3. The van der Waals surface area contributed by atoms with Gasteiger partial charge in [-0.2, -0.15) is 0 Å². The molecule has 82 valence electrons. The maximum atomic E-state index is 13.1. The number of carbonyl (C=O) groups is 1. The molecule has 2 N–H and O–H groups in total. The van der Waals surface area contributed by atoms with E-state index >= 15 is 0 Å². The first-order valence-corrected chi connectivity index (χ1v) is 5.09. The zero-order chi connectivity index (χ0) is 11.6. The molecule has 15 heavy (non-hydrogen) atoms.